The molecule has 0 spiro atoms. The van der Waals surface area contributed by atoms with Crippen LogP contribution in [0, 0.1) is 5.82 Å². The number of rotatable bonds is 6. The number of fused-ring (bicyclic) bond motifs is 1. The van der Waals surface area contributed by atoms with Crippen molar-refractivity contribution in [3.63, 3.8) is 0 Å². The average Bonchev–Trinajstić information content (AvgIpc) is 2.75. The number of nitrogens with one attached hydrogen (secondary N) is 2. The first kappa shape index (κ1) is 24.3. The third-order valence-corrected chi connectivity index (χ3v) is 4.01. The topological polar surface area (TPSA) is 145 Å². The fourth-order valence-electron chi connectivity index (χ4n) is 2.69. The first-order valence-electron chi connectivity index (χ1n) is 9.29. The Bertz CT molecular complexity index is 1110. The second kappa shape index (κ2) is 11.4. The minimum atomic E-state index is -1.16. The molecule has 0 bridgehead atoms. The SMILES string of the molecule is CCNC(=O)Nc1ccc(Oc2ccnc3cc(OC)c(C(=O)O)cc23)cc1F.CON. The van der Waals surface area contributed by atoms with Gasteiger partial charge in [-0.2, -0.15) is 0 Å². The molecule has 1 aromatic heterocycles. The smallest absolute Gasteiger partial charge is 0.339 e. The van der Waals surface area contributed by atoms with Gasteiger partial charge in [-0.25, -0.2) is 19.9 Å². The molecule has 0 aliphatic heterocycles. The number of pyridine rings is 1. The average molecular weight is 446 g/mol. The number of anilines is 1. The predicted octanol–water partition coefficient (Wildman–Crippen LogP) is 3.52. The van der Waals surface area contributed by atoms with Crippen molar-refractivity contribution in [2.45, 2.75) is 6.92 Å². The number of aromatic carboxylic acids is 1. The Balaban J connectivity index is 0.00000114. The zero-order valence-electron chi connectivity index (χ0n) is 17.6. The Morgan fingerprint density at radius 3 is 2.47 bits per heavy atom. The molecule has 5 N–H and O–H groups in total. The van der Waals surface area contributed by atoms with Crippen molar-refractivity contribution in [2.24, 2.45) is 5.90 Å². The van der Waals surface area contributed by atoms with Crippen LogP contribution in [0.15, 0.2) is 42.6 Å². The minimum absolute atomic E-state index is 0.000728. The molecule has 3 rings (SSSR count). The molecule has 1 heterocycles. The number of carboxylic acids is 1. The van der Waals surface area contributed by atoms with Gasteiger partial charge < -0.3 is 30.1 Å². The Hall–Kier alpha value is -3.96. The summed E-state index contributed by atoms with van der Waals surface area (Å²) in [6.07, 6.45) is 1.49. The van der Waals surface area contributed by atoms with Crippen LogP contribution in [-0.4, -0.2) is 42.9 Å². The van der Waals surface area contributed by atoms with Gasteiger partial charge in [0.2, 0.25) is 0 Å². The molecule has 0 unspecified atom stereocenters. The first-order valence-corrected chi connectivity index (χ1v) is 9.29. The summed E-state index contributed by atoms with van der Waals surface area (Å²) < 4.78 is 25.2. The lowest BCUT2D eigenvalue weighted by atomic mass is 10.1. The standard InChI is InChI=1S/C20H18FN3O5.CH5NO/c1-3-22-20(27)24-15-5-4-11(8-14(15)21)29-17-6-7-23-16-10-18(28-2)13(19(25)26)9-12(16)17;1-3-2/h4-10H,3H2,1-2H3,(H,25,26)(H2,22,24,27);2H2,1H3. The van der Waals surface area contributed by atoms with Gasteiger partial charge in [-0.05, 0) is 31.2 Å². The van der Waals surface area contributed by atoms with Gasteiger partial charge in [0.1, 0.15) is 28.6 Å². The predicted molar refractivity (Wildman–Crippen MR) is 116 cm³/mol. The molecule has 0 atom stereocenters. The van der Waals surface area contributed by atoms with E-state index in [1.807, 2.05) is 0 Å². The third-order valence-electron chi connectivity index (χ3n) is 4.01. The summed E-state index contributed by atoms with van der Waals surface area (Å²) in [5.41, 5.74) is 0.408. The van der Waals surface area contributed by atoms with Crippen molar-refractivity contribution in [1.82, 2.24) is 10.3 Å². The maximum atomic E-state index is 14.3. The number of amides is 2. The van der Waals surface area contributed by atoms with Gasteiger partial charge in [-0.15, -0.1) is 0 Å². The Morgan fingerprint density at radius 1 is 1.16 bits per heavy atom. The molecule has 11 heteroatoms. The van der Waals surface area contributed by atoms with Gasteiger partial charge in [0.25, 0.3) is 0 Å². The van der Waals surface area contributed by atoms with Crippen LogP contribution >= 0.6 is 0 Å². The van der Waals surface area contributed by atoms with Crippen LogP contribution < -0.4 is 26.0 Å². The summed E-state index contributed by atoms with van der Waals surface area (Å²) in [6, 6.07) is 7.88. The Kier molecular flexibility index (Phi) is 8.69. The summed E-state index contributed by atoms with van der Waals surface area (Å²) in [4.78, 5) is 31.0. The van der Waals surface area contributed by atoms with Gasteiger partial charge in [-0.3, -0.25) is 4.98 Å². The highest BCUT2D eigenvalue weighted by Gasteiger charge is 2.16. The van der Waals surface area contributed by atoms with E-state index < -0.39 is 17.8 Å². The number of nitrogens with two attached hydrogens (primary N) is 1. The molecule has 0 saturated heterocycles. The maximum Gasteiger partial charge on any atom is 0.339 e. The molecule has 0 fully saturated rings. The number of nitrogens with zero attached hydrogens (tertiary/aromatic N) is 1. The van der Waals surface area contributed by atoms with E-state index in [4.69, 9.17) is 9.47 Å². The van der Waals surface area contributed by atoms with Gasteiger partial charge in [0, 0.05) is 30.3 Å². The van der Waals surface area contributed by atoms with Crippen LogP contribution in [0.3, 0.4) is 0 Å². The van der Waals surface area contributed by atoms with Crippen molar-refractivity contribution in [1.29, 1.82) is 0 Å². The fraction of sp³-hybridized carbons (Fsp3) is 0.190. The number of benzene rings is 2. The third kappa shape index (κ3) is 6.03. The second-order valence-corrected chi connectivity index (χ2v) is 6.15. The highest BCUT2D eigenvalue weighted by atomic mass is 19.1. The number of hydrogen-bond acceptors (Lipinski definition) is 7. The van der Waals surface area contributed by atoms with Crippen molar-refractivity contribution >= 4 is 28.6 Å². The van der Waals surface area contributed by atoms with E-state index in [0.29, 0.717) is 23.2 Å². The molecule has 2 amide bonds. The van der Waals surface area contributed by atoms with Crippen LogP contribution in [0.4, 0.5) is 14.9 Å². The number of methoxy groups -OCH3 is 1. The highest BCUT2D eigenvalue weighted by molar-refractivity contribution is 5.98. The Labute approximate surface area is 183 Å². The minimum Gasteiger partial charge on any atom is -0.496 e. The first-order chi connectivity index (χ1) is 15.3. The second-order valence-electron chi connectivity index (χ2n) is 6.15. The van der Waals surface area contributed by atoms with E-state index in [9.17, 15) is 19.1 Å². The van der Waals surface area contributed by atoms with E-state index in [0.717, 1.165) is 6.07 Å². The number of hydrogen-bond donors (Lipinski definition) is 4. The van der Waals surface area contributed by atoms with Crippen molar-refractivity contribution in [3.05, 3.63) is 54.0 Å². The number of aromatic nitrogens is 1. The van der Waals surface area contributed by atoms with Crippen LogP contribution in [0.2, 0.25) is 0 Å². The van der Waals surface area contributed by atoms with E-state index in [1.165, 1.54) is 44.7 Å². The van der Waals surface area contributed by atoms with Crippen LogP contribution in [0.1, 0.15) is 17.3 Å². The summed E-state index contributed by atoms with van der Waals surface area (Å²) >= 11 is 0. The molecular weight excluding hydrogens is 423 g/mol. The van der Waals surface area contributed by atoms with E-state index in [-0.39, 0.29) is 22.7 Å². The monoisotopic (exact) mass is 446 g/mol. The zero-order valence-corrected chi connectivity index (χ0v) is 17.6. The largest absolute Gasteiger partial charge is 0.496 e. The van der Waals surface area contributed by atoms with Gasteiger partial charge in [0.05, 0.1) is 25.4 Å². The molecular formula is C21H23FN4O6. The maximum absolute atomic E-state index is 14.3. The summed E-state index contributed by atoms with van der Waals surface area (Å²) in [5.74, 6) is 3.14. The highest BCUT2D eigenvalue weighted by Crippen LogP contribution is 2.34. The molecule has 0 aliphatic rings. The quantitative estimate of drug-likeness (QED) is 0.421. The number of ether oxygens (including phenoxy) is 2. The van der Waals surface area contributed by atoms with Gasteiger partial charge in [-0.1, -0.05) is 0 Å². The normalized spacial score (nSPS) is 10.0. The lowest BCUT2D eigenvalue weighted by molar-refractivity contribution is 0.0693. The van der Waals surface area contributed by atoms with E-state index in [1.54, 1.807) is 13.0 Å². The fourth-order valence-corrected chi connectivity index (χ4v) is 2.69. The number of carbonyl (C=O) groups is 2. The molecule has 170 valence electrons. The van der Waals surface area contributed by atoms with Crippen LogP contribution in [0.5, 0.6) is 17.2 Å². The van der Waals surface area contributed by atoms with Crippen molar-refractivity contribution in [2.75, 3.05) is 26.1 Å². The summed E-state index contributed by atoms with van der Waals surface area (Å²) in [7, 11) is 2.77. The molecule has 0 radical (unpaired) electrons. The number of urea groups is 1. The molecule has 32 heavy (non-hydrogen) atoms. The molecule has 3 aromatic rings. The number of carboxylic acid groups (broad SMARTS) is 1. The molecule has 0 saturated carbocycles. The molecule has 2 aromatic carbocycles. The number of halogens is 1. The van der Waals surface area contributed by atoms with Crippen LogP contribution in [-0.2, 0) is 4.84 Å². The summed E-state index contributed by atoms with van der Waals surface area (Å²) in [6.45, 7) is 2.16. The lowest BCUT2D eigenvalue weighted by Gasteiger charge is -2.12. The lowest BCUT2D eigenvalue weighted by Crippen LogP contribution is -2.28. The van der Waals surface area contributed by atoms with E-state index in [2.05, 4.69) is 26.4 Å². The summed E-state index contributed by atoms with van der Waals surface area (Å²) in [5, 5.41) is 14.7. The van der Waals surface area contributed by atoms with Crippen LogP contribution in [0.25, 0.3) is 10.9 Å². The molecule has 10 nitrogen and oxygen atoms in total. The van der Waals surface area contributed by atoms with Crippen molar-refractivity contribution in [3.8, 4) is 17.2 Å². The molecule has 0 aliphatic carbocycles. The van der Waals surface area contributed by atoms with E-state index >= 15 is 0 Å². The zero-order chi connectivity index (χ0) is 23.7. The Morgan fingerprint density at radius 2 is 1.88 bits per heavy atom. The van der Waals surface area contributed by atoms with Gasteiger partial charge in [0.15, 0.2) is 0 Å². The number of carbonyl (C=O) groups excluding carboxylic acids is 1. The van der Waals surface area contributed by atoms with Crippen molar-refractivity contribution < 1.29 is 33.4 Å². The van der Waals surface area contributed by atoms with Gasteiger partial charge >= 0.3 is 12.0 Å².